The highest BCUT2D eigenvalue weighted by Crippen LogP contribution is 2.20. The molecule has 4 nitrogen and oxygen atoms in total. The molecule has 0 heterocycles. The maximum absolute atomic E-state index is 12.5. The maximum atomic E-state index is 12.5. The molecule has 0 bridgehead atoms. The number of alkyl halides is 2. The molecule has 0 amide bonds. The molecule has 0 aliphatic rings. The van der Waals surface area contributed by atoms with Crippen LogP contribution in [-0.4, -0.2) is 39.2 Å². The van der Waals surface area contributed by atoms with Crippen LogP contribution in [0.4, 0.5) is 8.78 Å². The number of hydrazine groups is 1. The lowest BCUT2D eigenvalue weighted by Gasteiger charge is -2.18. The zero-order valence-electron chi connectivity index (χ0n) is 16.9. The highest BCUT2D eigenvalue weighted by Gasteiger charge is 2.11. The number of hydrogen-bond acceptors (Lipinski definition) is 4. The van der Waals surface area contributed by atoms with E-state index in [9.17, 15) is 8.78 Å². The van der Waals surface area contributed by atoms with Crippen LogP contribution in [0.3, 0.4) is 0 Å². The first-order valence-electron chi connectivity index (χ1n) is 9.51. The van der Waals surface area contributed by atoms with Gasteiger partial charge >= 0.3 is 0 Å². The highest BCUT2D eigenvalue weighted by molar-refractivity contribution is 5.30. The van der Waals surface area contributed by atoms with Crippen molar-refractivity contribution in [2.45, 2.75) is 53.2 Å². The Morgan fingerprint density at radius 2 is 1.77 bits per heavy atom. The molecule has 26 heavy (non-hydrogen) atoms. The van der Waals surface area contributed by atoms with Gasteiger partial charge in [0.1, 0.15) is 19.1 Å². The zero-order chi connectivity index (χ0) is 19.8. The average molecular weight is 375 g/mol. The fraction of sp³-hybridized carbons (Fsp3) is 0.700. The smallest absolute Gasteiger partial charge is 0.155 e. The molecule has 1 aromatic carbocycles. The van der Waals surface area contributed by atoms with Crippen LogP contribution in [0.2, 0.25) is 0 Å². The topological polar surface area (TPSA) is 42.5 Å². The molecule has 1 unspecified atom stereocenters. The summed E-state index contributed by atoms with van der Waals surface area (Å²) in [4.78, 5) is 0. The number of nitrogens with one attached hydrogen (secondary N) is 2. The van der Waals surface area contributed by atoms with Crippen molar-refractivity contribution in [2.24, 2.45) is 5.92 Å². The van der Waals surface area contributed by atoms with Crippen molar-refractivity contribution < 1.29 is 18.3 Å². The van der Waals surface area contributed by atoms with Crippen LogP contribution in [0, 0.1) is 5.92 Å². The van der Waals surface area contributed by atoms with Gasteiger partial charge in [0.15, 0.2) is 6.10 Å². The molecule has 1 rings (SSSR count). The molecule has 1 atom stereocenters. The summed E-state index contributed by atoms with van der Waals surface area (Å²) >= 11 is 0. The lowest BCUT2D eigenvalue weighted by atomic mass is 10.1. The summed E-state index contributed by atoms with van der Waals surface area (Å²) in [5.41, 5.74) is 7.34. The summed E-state index contributed by atoms with van der Waals surface area (Å²) < 4.78 is 35.9. The lowest BCUT2D eigenvalue weighted by molar-refractivity contribution is 0.107. The van der Waals surface area contributed by atoms with Gasteiger partial charge in [-0.2, -0.15) is 0 Å². The SMILES string of the molecule is CC.CC(C)COCCCNNC(C)c1cccc(OC(CF)CF)c1. The second-order valence-corrected chi connectivity index (χ2v) is 6.24. The van der Waals surface area contributed by atoms with E-state index in [-0.39, 0.29) is 6.04 Å². The summed E-state index contributed by atoms with van der Waals surface area (Å²) in [7, 11) is 0. The van der Waals surface area contributed by atoms with Crippen molar-refractivity contribution in [1.82, 2.24) is 10.9 Å². The Morgan fingerprint density at radius 1 is 1.08 bits per heavy atom. The molecular formula is C20H36F2N2O2. The molecular weight excluding hydrogens is 338 g/mol. The predicted octanol–water partition coefficient (Wildman–Crippen LogP) is 4.62. The van der Waals surface area contributed by atoms with Gasteiger partial charge < -0.3 is 9.47 Å². The van der Waals surface area contributed by atoms with E-state index in [0.29, 0.717) is 11.7 Å². The number of ether oxygens (including phenoxy) is 2. The van der Waals surface area contributed by atoms with E-state index in [1.807, 2.05) is 32.9 Å². The quantitative estimate of drug-likeness (QED) is 0.391. The summed E-state index contributed by atoms with van der Waals surface area (Å²) in [6, 6.07) is 7.30. The Balaban J connectivity index is 0.00000301. The average Bonchev–Trinajstić information content (AvgIpc) is 2.66. The molecule has 0 aliphatic carbocycles. The Hall–Kier alpha value is -1.24. The Kier molecular flexibility index (Phi) is 15.2. The highest BCUT2D eigenvalue weighted by atomic mass is 19.1. The molecule has 1 aromatic rings. The molecule has 0 radical (unpaired) electrons. The normalized spacial score (nSPS) is 12.0. The third kappa shape index (κ3) is 11.4. The van der Waals surface area contributed by atoms with Crippen molar-refractivity contribution >= 4 is 0 Å². The largest absolute Gasteiger partial charge is 0.485 e. The monoisotopic (exact) mass is 374 g/mol. The standard InChI is InChI=1S/C18H30F2N2O2.C2H6/c1-14(2)13-23-9-5-8-21-22-15(3)16-6-4-7-17(10-16)24-18(11-19)12-20;1-2/h4,6-7,10,14-15,18,21-22H,5,8-9,11-13H2,1-3H3;1-2H3. The Labute approximate surface area is 157 Å². The minimum atomic E-state index is -1.03. The third-order valence-electron chi connectivity index (χ3n) is 3.37. The lowest BCUT2D eigenvalue weighted by Crippen LogP contribution is -2.35. The molecule has 0 fully saturated rings. The van der Waals surface area contributed by atoms with Gasteiger partial charge in [0.05, 0.1) is 0 Å². The van der Waals surface area contributed by atoms with Gasteiger partial charge in [-0.25, -0.2) is 8.78 Å². The van der Waals surface area contributed by atoms with Crippen LogP contribution in [0.15, 0.2) is 24.3 Å². The summed E-state index contributed by atoms with van der Waals surface area (Å²) in [5.74, 6) is 1.03. The van der Waals surface area contributed by atoms with E-state index in [1.54, 1.807) is 12.1 Å². The maximum Gasteiger partial charge on any atom is 0.155 e. The van der Waals surface area contributed by atoms with Crippen molar-refractivity contribution in [1.29, 1.82) is 0 Å². The second-order valence-electron chi connectivity index (χ2n) is 6.24. The number of hydrogen-bond donors (Lipinski definition) is 2. The van der Waals surface area contributed by atoms with E-state index in [0.717, 1.165) is 31.7 Å². The van der Waals surface area contributed by atoms with Gasteiger partial charge in [0, 0.05) is 25.8 Å². The van der Waals surface area contributed by atoms with E-state index < -0.39 is 19.5 Å². The van der Waals surface area contributed by atoms with Gasteiger partial charge in [-0.3, -0.25) is 10.9 Å². The summed E-state index contributed by atoms with van der Waals surface area (Å²) in [6.45, 7) is 10.9. The summed E-state index contributed by atoms with van der Waals surface area (Å²) in [6.07, 6.45) is -0.114. The molecule has 0 spiro atoms. The van der Waals surface area contributed by atoms with Crippen LogP contribution in [0.5, 0.6) is 5.75 Å². The fourth-order valence-electron chi connectivity index (χ4n) is 2.04. The van der Waals surface area contributed by atoms with Crippen molar-refractivity contribution in [3.05, 3.63) is 29.8 Å². The van der Waals surface area contributed by atoms with Crippen LogP contribution in [0.25, 0.3) is 0 Å². The van der Waals surface area contributed by atoms with Gasteiger partial charge in [-0.05, 0) is 37.0 Å². The van der Waals surface area contributed by atoms with Crippen molar-refractivity contribution in [2.75, 3.05) is 33.1 Å². The molecule has 152 valence electrons. The van der Waals surface area contributed by atoms with Crippen molar-refractivity contribution in [3.63, 3.8) is 0 Å². The van der Waals surface area contributed by atoms with Crippen LogP contribution < -0.4 is 15.6 Å². The minimum absolute atomic E-state index is 0.0411. The second kappa shape index (κ2) is 16.0. The van der Waals surface area contributed by atoms with Crippen LogP contribution in [0.1, 0.15) is 52.6 Å². The van der Waals surface area contributed by atoms with Gasteiger partial charge in [0.25, 0.3) is 0 Å². The van der Waals surface area contributed by atoms with E-state index in [1.165, 1.54) is 0 Å². The minimum Gasteiger partial charge on any atom is -0.485 e. The van der Waals surface area contributed by atoms with Gasteiger partial charge in [0.2, 0.25) is 0 Å². The zero-order valence-corrected chi connectivity index (χ0v) is 16.9. The molecule has 0 saturated carbocycles. The van der Waals surface area contributed by atoms with Crippen LogP contribution >= 0.6 is 0 Å². The van der Waals surface area contributed by atoms with Crippen LogP contribution in [-0.2, 0) is 4.74 Å². The molecule has 0 saturated heterocycles. The Bertz CT molecular complexity index is 444. The number of halogens is 2. The Morgan fingerprint density at radius 3 is 2.38 bits per heavy atom. The molecule has 6 heteroatoms. The number of rotatable bonds is 13. The number of benzene rings is 1. The third-order valence-corrected chi connectivity index (χ3v) is 3.37. The predicted molar refractivity (Wildman–Crippen MR) is 104 cm³/mol. The van der Waals surface area contributed by atoms with E-state index >= 15 is 0 Å². The van der Waals surface area contributed by atoms with Crippen molar-refractivity contribution in [3.8, 4) is 5.75 Å². The molecule has 2 N–H and O–H groups in total. The summed E-state index contributed by atoms with van der Waals surface area (Å²) in [5, 5.41) is 0. The first-order chi connectivity index (χ1) is 12.6. The van der Waals surface area contributed by atoms with E-state index in [2.05, 4.69) is 24.7 Å². The van der Waals surface area contributed by atoms with E-state index in [4.69, 9.17) is 9.47 Å². The van der Waals surface area contributed by atoms with Gasteiger partial charge in [-0.15, -0.1) is 0 Å². The first-order valence-corrected chi connectivity index (χ1v) is 9.51. The molecule has 0 aliphatic heterocycles. The molecule has 0 aromatic heterocycles. The fourth-order valence-corrected chi connectivity index (χ4v) is 2.04. The first kappa shape index (κ1) is 24.8. The van der Waals surface area contributed by atoms with Gasteiger partial charge in [-0.1, -0.05) is 39.8 Å².